The third-order valence-corrected chi connectivity index (χ3v) is 4.35. The third kappa shape index (κ3) is 3.62. The van der Waals surface area contributed by atoms with Crippen LogP contribution >= 0.6 is 0 Å². The summed E-state index contributed by atoms with van der Waals surface area (Å²) >= 11 is 0. The molecule has 0 unspecified atom stereocenters. The lowest BCUT2D eigenvalue weighted by atomic mass is 9.94. The number of carbonyl (C=O) groups excluding carboxylic acids is 1. The fraction of sp³-hybridized carbons (Fsp3) is 0.562. The van der Waals surface area contributed by atoms with Gasteiger partial charge in [0.05, 0.1) is 10.8 Å². The van der Waals surface area contributed by atoms with Gasteiger partial charge in [0.1, 0.15) is 0 Å². The summed E-state index contributed by atoms with van der Waals surface area (Å²) in [5.74, 6) is 0.181. The van der Waals surface area contributed by atoms with Crippen LogP contribution in [0.15, 0.2) is 24.3 Å². The number of nitrogens with zero attached hydrogens (tertiary/aromatic N) is 3. The van der Waals surface area contributed by atoms with Gasteiger partial charge in [-0.3, -0.25) is 19.8 Å². The highest BCUT2D eigenvalue weighted by atomic mass is 16.6. The molecule has 120 valence electrons. The van der Waals surface area contributed by atoms with E-state index in [1.54, 1.807) is 31.1 Å². The van der Waals surface area contributed by atoms with E-state index >= 15 is 0 Å². The van der Waals surface area contributed by atoms with Crippen molar-refractivity contribution < 1.29 is 9.72 Å². The van der Waals surface area contributed by atoms with Crippen LogP contribution in [-0.2, 0) is 4.79 Å². The molecule has 1 amide bonds. The number of likely N-dealkylation sites (tertiary alicyclic amines) is 1. The van der Waals surface area contributed by atoms with Crippen LogP contribution in [0, 0.1) is 16.0 Å². The van der Waals surface area contributed by atoms with Gasteiger partial charge in [-0.2, -0.15) is 0 Å². The first-order chi connectivity index (χ1) is 10.4. The Morgan fingerprint density at radius 2 is 2.18 bits per heavy atom. The minimum atomic E-state index is -0.370. The number of benzene rings is 1. The molecule has 6 heteroatoms. The number of nitro groups is 1. The summed E-state index contributed by atoms with van der Waals surface area (Å²) in [5.41, 5.74) is 1.04. The predicted octanol–water partition coefficient (Wildman–Crippen LogP) is 2.46. The molecule has 0 spiro atoms. The van der Waals surface area contributed by atoms with E-state index in [-0.39, 0.29) is 28.5 Å². The van der Waals surface area contributed by atoms with Crippen molar-refractivity contribution in [2.45, 2.75) is 25.8 Å². The topological polar surface area (TPSA) is 66.7 Å². The molecule has 1 aliphatic heterocycles. The van der Waals surface area contributed by atoms with Crippen LogP contribution in [0.1, 0.15) is 31.4 Å². The van der Waals surface area contributed by atoms with Crippen molar-refractivity contribution in [2.24, 2.45) is 5.92 Å². The van der Waals surface area contributed by atoms with Gasteiger partial charge in [-0.05, 0) is 31.9 Å². The van der Waals surface area contributed by atoms with Gasteiger partial charge in [-0.15, -0.1) is 0 Å². The highest BCUT2D eigenvalue weighted by Gasteiger charge is 2.29. The second-order valence-corrected chi connectivity index (χ2v) is 6.09. The van der Waals surface area contributed by atoms with Gasteiger partial charge < -0.3 is 4.90 Å². The molecule has 6 nitrogen and oxygen atoms in total. The summed E-state index contributed by atoms with van der Waals surface area (Å²) in [6.07, 6.45) is 1.89. The maximum Gasteiger partial charge on any atom is 0.269 e. The summed E-state index contributed by atoms with van der Waals surface area (Å²) in [6.45, 7) is 3.67. The molecule has 1 aromatic carbocycles. The second-order valence-electron chi connectivity index (χ2n) is 6.09. The number of hydrogen-bond donors (Lipinski definition) is 0. The number of nitro benzene ring substituents is 1. The molecule has 1 fully saturated rings. The number of hydrogen-bond acceptors (Lipinski definition) is 4. The summed E-state index contributed by atoms with van der Waals surface area (Å²) in [5, 5.41) is 10.9. The van der Waals surface area contributed by atoms with Crippen molar-refractivity contribution in [1.82, 2.24) is 9.80 Å². The first-order valence-corrected chi connectivity index (χ1v) is 7.59. The van der Waals surface area contributed by atoms with Crippen molar-refractivity contribution in [1.29, 1.82) is 0 Å². The molecule has 0 N–H and O–H groups in total. The minimum Gasteiger partial charge on any atom is -0.349 e. The molecule has 1 heterocycles. The predicted molar refractivity (Wildman–Crippen MR) is 84.5 cm³/mol. The Morgan fingerprint density at radius 1 is 1.45 bits per heavy atom. The van der Waals surface area contributed by atoms with Gasteiger partial charge in [-0.25, -0.2) is 0 Å². The van der Waals surface area contributed by atoms with E-state index in [1.165, 1.54) is 6.07 Å². The van der Waals surface area contributed by atoms with Gasteiger partial charge in [0.25, 0.3) is 5.69 Å². The fourth-order valence-corrected chi connectivity index (χ4v) is 3.03. The maximum atomic E-state index is 12.2. The highest BCUT2D eigenvalue weighted by Crippen LogP contribution is 2.28. The molecule has 2 atom stereocenters. The average molecular weight is 305 g/mol. The van der Waals surface area contributed by atoms with Gasteiger partial charge in [0, 0.05) is 38.8 Å². The van der Waals surface area contributed by atoms with Crippen LogP contribution in [0.2, 0.25) is 0 Å². The normalized spacial score (nSPS) is 20.4. The van der Waals surface area contributed by atoms with Crippen molar-refractivity contribution in [3.8, 4) is 0 Å². The Bertz CT molecular complexity index is 559. The summed E-state index contributed by atoms with van der Waals surface area (Å²) in [6, 6.07) is 6.83. The van der Waals surface area contributed by atoms with Crippen molar-refractivity contribution >= 4 is 11.6 Å². The van der Waals surface area contributed by atoms with Gasteiger partial charge in [-0.1, -0.05) is 12.1 Å². The second kappa shape index (κ2) is 6.87. The van der Waals surface area contributed by atoms with Crippen molar-refractivity contribution in [2.75, 3.05) is 27.2 Å². The van der Waals surface area contributed by atoms with E-state index < -0.39 is 0 Å². The lowest BCUT2D eigenvalue weighted by Crippen LogP contribution is -2.43. The highest BCUT2D eigenvalue weighted by molar-refractivity contribution is 5.78. The first-order valence-electron chi connectivity index (χ1n) is 7.59. The van der Waals surface area contributed by atoms with Crippen LogP contribution in [-0.4, -0.2) is 47.8 Å². The van der Waals surface area contributed by atoms with E-state index in [9.17, 15) is 14.9 Å². The number of amides is 1. The molecule has 1 aliphatic rings. The first kappa shape index (κ1) is 16.4. The fourth-order valence-electron chi connectivity index (χ4n) is 3.03. The van der Waals surface area contributed by atoms with E-state index in [4.69, 9.17) is 0 Å². The lowest BCUT2D eigenvalue weighted by Gasteiger charge is -2.37. The zero-order valence-electron chi connectivity index (χ0n) is 13.4. The summed E-state index contributed by atoms with van der Waals surface area (Å²) in [4.78, 5) is 26.6. The quantitative estimate of drug-likeness (QED) is 0.633. The number of rotatable bonds is 4. The summed E-state index contributed by atoms with van der Waals surface area (Å²) in [7, 11) is 3.57. The number of non-ortho nitro benzene ring substituents is 1. The van der Waals surface area contributed by atoms with Crippen LogP contribution in [0.25, 0.3) is 0 Å². The molecule has 0 bridgehead atoms. The minimum absolute atomic E-state index is 0.0184. The van der Waals surface area contributed by atoms with Crippen molar-refractivity contribution in [3.63, 3.8) is 0 Å². The van der Waals surface area contributed by atoms with Gasteiger partial charge in [0.2, 0.25) is 5.91 Å². The van der Waals surface area contributed by atoms with Crippen LogP contribution < -0.4 is 0 Å². The smallest absolute Gasteiger partial charge is 0.269 e. The Balaban J connectivity index is 2.12. The SMILES string of the molecule is C[C@H](c1cccc([N+](=O)[O-])c1)N1CCC[C@@H](C(=O)N(C)C)C1. The Labute approximate surface area is 130 Å². The molecule has 0 radical (unpaired) electrons. The van der Waals surface area contributed by atoms with E-state index in [0.29, 0.717) is 6.54 Å². The van der Waals surface area contributed by atoms with Crippen LogP contribution in [0.5, 0.6) is 0 Å². The molecule has 1 saturated heterocycles. The Hall–Kier alpha value is -1.95. The standard InChI is InChI=1S/C16H23N3O3/c1-12(13-6-4-8-15(10-13)19(21)22)18-9-5-7-14(11-18)16(20)17(2)3/h4,6,8,10,12,14H,5,7,9,11H2,1-3H3/t12-,14-/m1/s1. The molecule has 0 saturated carbocycles. The Morgan fingerprint density at radius 3 is 2.82 bits per heavy atom. The average Bonchev–Trinajstić information content (AvgIpc) is 2.53. The molecule has 22 heavy (non-hydrogen) atoms. The van der Waals surface area contributed by atoms with E-state index in [0.717, 1.165) is 24.9 Å². The zero-order valence-corrected chi connectivity index (χ0v) is 13.4. The van der Waals surface area contributed by atoms with E-state index in [1.807, 2.05) is 13.0 Å². The molecular formula is C16H23N3O3. The molecular weight excluding hydrogens is 282 g/mol. The number of carbonyl (C=O) groups is 1. The molecule has 1 aromatic rings. The summed E-state index contributed by atoms with van der Waals surface area (Å²) < 4.78 is 0. The number of piperidine rings is 1. The van der Waals surface area contributed by atoms with Gasteiger partial charge in [0.15, 0.2) is 0 Å². The van der Waals surface area contributed by atoms with Crippen LogP contribution in [0.3, 0.4) is 0 Å². The monoisotopic (exact) mass is 305 g/mol. The molecule has 0 aliphatic carbocycles. The lowest BCUT2D eigenvalue weighted by molar-refractivity contribution is -0.385. The molecule has 0 aromatic heterocycles. The Kier molecular flexibility index (Phi) is 5.13. The molecule has 2 rings (SSSR count). The van der Waals surface area contributed by atoms with Gasteiger partial charge >= 0.3 is 0 Å². The largest absolute Gasteiger partial charge is 0.349 e. The van der Waals surface area contributed by atoms with E-state index in [2.05, 4.69) is 4.90 Å². The van der Waals surface area contributed by atoms with Crippen molar-refractivity contribution in [3.05, 3.63) is 39.9 Å². The maximum absolute atomic E-state index is 12.2. The zero-order chi connectivity index (χ0) is 16.3. The third-order valence-electron chi connectivity index (χ3n) is 4.35. The van der Waals surface area contributed by atoms with Crippen LogP contribution in [0.4, 0.5) is 5.69 Å².